The Morgan fingerprint density at radius 1 is 1.21 bits per heavy atom. The van der Waals surface area contributed by atoms with E-state index in [9.17, 15) is 18.3 Å². The number of hydrogen-bond acceptors (Lipinski definition) is 5. The van der Waals surface area contributed by atoms with Crippen molar-refractivity contribution in [2.75, 3.05) is 0 Å². The summed E-state index contributed by atoms with van der Waals surface area (Å²) < 4.78 is 39.8. The van der Waals surface area contributed by atoms with Crippen molar-refractivity contribution in [3.63, 3.8) is 0 Å². The molecule has 0 saturated heterocycles. The molecule has 1 fully saturated rings. The molecule has 1 aliphatic carbocycles. The average molecular weight is 409 g/mol. The van der Waals surface area contributed by atoms with Gasteiger partial charge in [-0.15, -0.1) is 0 Å². The second-order valence-electron chi connectivity index (χ2n) is 6.60. The molecule has 3 aromatic rings. The number of fused-ring (bicyclic) bond motifs is 1. The lowest BCUT2D eigenvalue weighted by Gasteiger charge is -2.32. The monoisotopic (exact) mass is 409 g/mol. The number of carbonyl (C=O) groups is 1. The number of benzene rings is 1. The summed E-state index contributed by atoms with van der Waals surface area (Å²) in [6, 6.07) is 9.41. The van der Waals surface area contributed by atoms with Crippen LogP contribution in [0.2, 0.25) is 0 Å². The molecule has 7 nitrogen and oxygen atoms in total. The van der Waals surface area contributed by atoms with Crippen molar-refractivity contribution >= 4 is 11.5 Å². The second-order valence-corrected chi connectivity index (χ2v) is 6.60. The Hall–Kier alpha value is -3.27. The van der Waals surface area contributed by atoms with Crippen LogP contribution in [0, 0.1) is 0 Å². The smallest absolute Gasteiger partial charge is 0.490 e. The molecule has 0 amide bonds. The summed E-state index contributed by atoms with van der Waals surface area (Å²) in [4.78, 5) is 13.1. The zero-order chi connectivity index (χ0) is 21.2. The van der Waals surface area contributed by atoms with Crippen molar-refractivity contribution in [2.45, 2.75) is 31.2 Å². The van der Waals surface area contributed by atoms with Gasteiger partial charge in [-0.3, -0.25) is 0 Å². The summed E-state index contributed by atoms with van der Waals surface area (Å²) in [5, 5.41) is 16.6. The van der Waals surface area contributed by atoms with Crippen LogP contribution in [0.3, 0.4) is 0 Å². The van der Waals surface area contributed by atoms with Crippen LogP contribution in [-0.2, 0) is 4.79 Å². The van der Waals surface area contributed by atoms with Crippen molar-refractivity contribution in [2.24, 2.45) is 5.73 Å². The Kier molecular flexibility index (Phi) is 5.64. The van der Waals surface area contributed by atoms with Crippen LogP contribution >= 0.6 is 0 Å². The summed E-state index contributed by atoms with van der Waals surface area (Å²) in [6.07, 6.45) is 2.46. The molecule has 1 saturated carbocycles. The minimum atomic E-state index is -5.08. The summed E-state index contributed by atoms with van der Waals surface area (Å²) in [6.45, 7) is 0. The molecule has 1 aromatic carbocycles. The number of alkyl halides is 3. The summed E-state index contributed by atoms with van der Waals surface area (Å²) >= 11 is 0. The maximum absolute atomic E-state index is 10.6. The molecule has 0 radical (unpaired) electrons. The Balaban J connectivity index is 0.000000298. The van der Waals surface area contributed by atoms with Gasteiger partial charge in [-0.2, -0.15) is 13.2 Å². The number of nitrogens with two attached hydrogens (primary N) is 1. The average Bonchev–Trinajstić information content (AvgIpc) is 3.09. The zero-order valence-electron chi connectivity index (χ0n) is 15.0. The lowest BCUT2D eigenvalue weighted by atomic mass is 9.90. The van der Waals surface area contributed by atoms with Crippen molar-refractivity contribution in [3.8, 4) is 22.6 Å². The molecular weight excluding hydrogens is 391 g/mol. The van der Waals surface area contributed by atoms with E-state index >= 15 is 0 Å². The third-order valence-electron chi connectivity index (χ3n) is 4.35. The number of rotatable bonds is 3. The number of aliphatic carboxylic acids is 1. The first kappa shape index (κ1) is 20.5. The van der Waals surface area contributed by atoms with Gasteiger partial charge in [0, 0.05) is 17.8 Å². The number of hydrogen-bond donors (Lipinski definition) is 3. The van der Waals surface area contributed by atoms with Crippen molar-refractivity contribution in [1.82, 2.24) is 9.38 Å². The van der Waals surface area contributed by atoms with Gasteiger partial charge < -0.3 is 25.1 Å². The molecule has 0 unspecified atom stereocenters. The van der Waals surface area contributed by atoms with Crippen LogP contribution in [0.4, 0.5) is 13.2 Å². The number of carboxylic acid groups (broad SMARTS) is 1. The van der Waals surface area contributed by atoms with Crippen molar-refractivity contribution in [3.05, 3.63) is 49.1 Å². The Labute approximate surface area is 163 Å². The van der Waals surface area contributed by atoms with E-state index in [2.05, 4.69) is 4.98 Å². The maximum Gasteiger partial charge on any atom is 0.490 e. The minimum absolute atomic E-state index is 0.184. The van der Waals surface area contributed by atoms with Crippen LogP contribution in [0.25, 0.3) is 16.6 Å². The van der Waals surface area contributed by atoms with Crippen molar-refractivity contribution < 1.29 is 32.9 Å². The molecule has 1 aliphatic rings. The Bertz CT molecular complexity index is 996. The zero-order valence-corrected chi connectivity index (χ0v) is 15.0. The molecule has 2 aromatic heterocycles. The summed E-state index contributed by atoms with van der Waals surface area (Å²) in [5.41, 5.74) is 8.81. The number of nitrogens with zero attached hydrogens (tertiary/aromatic N) is 2. The van der Waals surface area contributed by atoms with E-state index in [0.717, 1.165) is 35.2 Å². The van der Waals surface area contributed by atoms with Gasteiger partial charge in [-0.05, 0) is 36.6 Å². The fourth-order valence-electron chi connectivity index (χ4n) is 2.79. The van der Waals surface area contributed by atoms with E-state index < -0.39 is 12.1 Å². The normalized spacial score (nSPS) is 18.5. The van der Waals surface area contributed by atoms with Crippen LogP contribution in [-0.4, -0.2) is 43.9 Å². The highest BCUT2D eigenvalue weighted by Crippen LogP contribution is 2.32. The molecular formula is C19H18F3N3O4. The predicted octanol–water partition coefficient (Wildman–Crippen LogP) is 3.21. The first-order valence-corrected chi connectivity index (χ1v) is 8.61. The van der Waals surface area contributed by atoms with E-state index in [4.69, 9.17) is 20.4 Å². The molecule has 29 heavy (non-hydrogen) atoms. The van der Waals surface area contributed by atoms with E-state index in [1.165, 1.54) is 0 Å². The highest BCUT2D eigenvalue weighted by Gasteiger charge is 2.38. The third-order valence-corrected chi connectivity index (χ3v) is 4.35. The molecule has 154 valence electrons. The molecule has 0 atom stereocenters. The predicted molar refractivity (Wildman–Crippen MR) is 97.6 cm³/mol. The van der Waals surface area contributed by atoms with Gasteiger partial charge >= 0.3 is 12.1 Å². The largest absolute Gasteiger partial charge is 0.508 e. The molecule has 4 N–H and O–H groups in total. The molecule has 2 heterocycles. The summed E-state index contributed by atoms with van der Waals surface area (Å²) in [7, 11) is 0. The first-order valence-electron chi connectivity index (χ1n) is 8.61. The highest BCUT2D eigenvalue weighted by atomic mass is 19.4. The second kappa shape index (κ2) is 8.00. The number of halogens is 3. The first-order chi connectivity index (χ1) is 13.6. The standard InChI is InChI=1S/C17H17N3O2.C2HF3O2/c18-13-6-15(7-13)22-17-5-12(9-20-10-19-8-16(17)20)11-1-3-14(21)4-2-11;3-2(4,5)1(6)7/h1-5,8-10,13,15,21H,6-7,18H2;(H,6,7). The van der Waals surface area contributed by atoms with E-state index in [-0.39, 0.29) is 17.9 Å². The van der Waals surface area contributed by atoms with Gasteiger partial charge in [-0.1, -0.05) is 12.1 Å². The number of ether oxygens (including phenoxy) is 1. The van der Waals surface area contributed by atoms with Crippen LogP contribution < -0.4 is 10.5 Å². The topological polar surface area (TPSA) is 110 Å². The van der Waals surface area contributed by atoms with E-state index in [0.29, 0.717) is 0 Å². The van der Waals surface area contributed by atoms with Crippen LogP contribution in [0.5, 0.6) is 11.5 Å². The molecule has 0 spiro atoms. The Morgan fingerprint density at radius 3 is 2.38 bits per heavy atom. The number of aromatic hydroxyl groups is 1. The number of aromatic nitrogens is 2. The fourth-order valence-corrected chi connectivity index (χ4v) is 2.79. The SMILES string of the molecule is NC1CC(Oc2cc(-c3ccc(O)cc3)cn3cncc23)C1.O=C(O)C(F)(F)F. The number of pyridine rings is 1. The maximum atomic E-state index is 10.6. The number of carboxylic acids is 1. The lowest BCUT2D eigenvalue weighted by Crippen LogP contribution is -2.43. The van der Waals surface area contributed by atoms with Gasteiger partial charge in [0.05, 0.1) is 12.5 Å². The van der Waals surface area contributed by atoms with Crippen molar-refractivity contribution in [1.29, 1.82) is 0 Å². The van der Waals surface area contributed by atoms with Crippen LogP contribution in [0.15, 0.2) is 49.1 Å². The molecule has 10 heteroatoms. The number of imidazole rings is 1. The molecule has 0 aliphatic heterocycles. The van der Waals surface area contributed by atoms with Gasteiger partial charge in [0.15, 0.2) is 0 Å². The van der Waals surface area contributed by atoms with Gasteiger partial charge in [0.2, 0.25) is 0 Å². The Morgan fingerprint density at radius 2 is 1.83 bits per heavy atom. The quantitative estimate of drug-likeness (QED) is 0.613. The summed E-state index contributed by atoms with van der Waals surface area (Å²) in [5.74, 6) is -1.68. The lowest BCUT2D eigenvalue weighted by molar-refractivity contribution is -0.192. The van der Waals surface area contributed by atoms with E-state index in [1.54, 1.807) is 24.7 Å². The molecule has 4 rings (SSSR count). The number of phenolic OH excluding ortho intramolecular Hbond substituents is 1. The minimum Gasteiger partial charge on any atom is -0.508 e. The van der Waals surface area contributed by atoms with Gasteiger partial charge in [0.1, 0.15) is 23.1 Å². The fraction of sp³-hybridized carbons (Fsp3) is 0.263. The number of phenols is 1. The van der Waals surface area contributed by atoms with Crippen LogP contribution in [0.1, 0.15) is 12.8 Å². The van der Waals surface area contributed by atoms with Gasteiger partial charge in [-0.25, -0.2) is 9.78 Å². The van der Waals surface area contributed by atoms with Gasteiger partial charge in [0.25, 0.3) is 0 Å². The highest BCUT2D eigenvalue weighted by molar-refractivity contribution is 5.73. The third kappa shape index (κ3) is 4.96. The van der Waals surface area contributed by atoms with E-state index in [1.807, 2.05) is 28.8 Å². The molecule has 0 bridgehead atoms.